The molecule has 0 aliphatic carbocycles. The molecule has 6 heteroatoms. The number of hydrogen-bond donors (Lipinski definition) is 1. The molecule has 2 heterocycles. The maximum atomic E-state index is 13.3. The number of amides is 1. The third-order valence-corrected chi connectivity index (χ3v) is 5.51. The van der Waals surface area contributed by atoms with Crippen LogP contribution in [0.3, 0.4) is 0 Å². The first-order chi connectivity index (χ1) is 13.9. The molecule has 0 spiro atoms. The van der Waals surface area contributed by atoms with Crippen LogP contribution in [0.5, 0.6) is 5.75 Å². The van der Waals surface area contributed by atoms with E-state index in [0.29, 0.717) is 17.1 Å². The third-order valence-electron chi connectivity index (χ3n) is 5.51. The smallest absolute Gasteiger partial charge is 0.226 e. The van der Waals surface area contributed by atoms with E-state index >= 15 is 0 Å². The van der Waals surface area contributed by atoms with Crippen LogP contribution in [0, 0.1) is 20.8 Å². The molecule has 29 heavy (non-hydrogen) atoms. The maximum Gasteiger partial charge on any atom is 0.226 e. The molecule has 4 rings (SSSR count). The monoisotopic (exact) mass is 389 g/mol. The van der Waals surface area contributed by atoms with Crippen molar-refractivity contribution in [1.82, 2.24) is 9.78 Å². The fourth-order valence-electron chi connectivity index (χ4n) is 3.79. The van der Waals surface area contributed by atoms with Gasteiger partial charge in [-0.2, -0.15) is 5.10 Å². The summed E-state index contributed by atoms with van der Waals surface area (Å²) in [5.74, 6) is 0.305. The number of carbonyl (C=O) groups is 2. The number of benzene rings is 2. The molecule has 0 saturated heterocycles. The lowest BCUT2D eigenvalue weighted by molar-refractivity contribution is -0.116. The molecule has 1 aliphatic heterocycles. The normalized spacial score (nSPS) is 15.6. The molecule has 148 valence electrons. The van der Waals surface area contributed by atoms with E-state index in [9.17, 15) is 9.59 Å². The Hall–Kier alpha value is -3.41. The average Bonchev–Trinajstić information content (AvgIpc) is 3.05. The van der Waals surface area contributed by atoms with Gasteiger partial charge in [-0.1, -0.05) is 18.2 Å². The molecule has 1 aliphatic rings. The number of anilines is 1. The lowest BCUT2D eigenvalue weighted by atomic mass is 9.85. The molecule has 1 amide bonds. The summed E-state index contributed by atoms with van der Waals surface area (Å²) in [5, 5.41) is 7.58. The van der Waals surface area contributed by atoms with Crippen LogP contribution in [0.4, 0.5) is 5.82 Å². The van der Waals surface area contributed by atoms with Crippen LogP contribution in [0.15, 0.2) is 42.5 Å². The van der Waals surface area contributed by atoms with Crippen LogP contribution in [0.25, 0.3) is 5.69 Å². The molecule has 0 saturated carbocycles. The SMILES string of the molecule is COc1cccc(C(=O)[C@H]2CC(=O)Nc3c2c(C)nn3-c2ccc(C)c(C)c2)c1. The summed E-state index contributed by atoms with van der Waals surface area (Å²) in [6, 6.07) is 13.0. The highest BCUT2D eigenvalue weighted by Gasteiger charge is 2.36. The topological polar surface area (TPSA) is 73.2 Å². The summed E-state index contributed by atoms with van der Waals surface area (Å²) >= 11 is 0. The number of aryl methyl sites for hydroxylation is 3. The van der Waals surface area contributed by atoms with Gasteiger partial charge in [0.25, 0.3) is 0 Å². The van der Waals surface area contributed by atoms with Crippen molar-refractivity contribution in [3.8, 4) is 11.4 Å². The van der Waals surface area contributed by atoms with E-state index < -0.39 is 5.92 Å². The minimum Gasteiger partial charge on any atom is -0.497 e. The molecule has 1 aromatic heterocycles. The first-order valence-electron chi connectivity index (χ1n) is 9.54. The van der Waals surface area contributed by atoms with Gasteiger partial charge >= 0.3 is 0 Å². The first kappa shape index (κ1) is 18.9. The molecule has 0 radical (unpaired) electrons. The van der Waals surface area contributed by atoms with Crippen molar-refractivity contribution in [2.24, 2.45) is 0 Å². The lowest BCUT2D eigenvalue weighted by Crippen LogP contribution is -2.28. The van der Waals surface area contributed by atoms with E-state index in [-0.39, 0.29) is 18.1 Å². The Kier molecular flexibility index (Phi) is 4.70. The summed E-state index contributed by atoms with van der Waals surface area (Å²) in [4.78, 5) is 25.8. The highest BCUT2D eigenvalue weighted by Crippen LogP contribution is 2.38. The minimum atomic E-state index is -0.578. The Morgan fingerprint density at radius 1 is 1.14 bits per heavy atom. The van der Waals surface area contributed by atoms with Crippen molar-refractivity contribution in [3.05, 3.63) is 70.4 Å². The predicted octanol–water partition coefficient (Wildman–Crippen LogP) is 4.11. The molecule has 0 unspecified atom stereocenters. The zero-order chi connectivity index (χ0) is 20.7. The van der Waals surface area contributed by atoms with Crippen molar-refractivity contribution < 1.29 is 14.3 Å². The van der Waals surface area contributed by atoms with Gasteiger partial charge in [-0.25, -0.2) is 4.68 Å². The summed E-state index contributed by atoms with van der Waals surface area (Å²) < 4.78 is 6.96. The Bertz CT molecular complexity index is 1130. The number of methoxy groups -OCH3 is 1. The highest BCUT2D eigenvalue weighted by molar-refractivity contribution is 6.08. The average molecular weight is 389 g/mol. The van der Waals surface area contributed by atoms with Gasteiger partial charge in [0, 0.05) is 17.5 Å². The number of nitrogens with one attached hydrogen (secondary N) is 1. The van der Waals surface area contributed by atoms with Crippen LogP contribution in [-0.2, 0) is 4.79 Å². The molecular formula is C23H23N3O3. The van der Waals surface area contributed by atoms with Gasteiger partial charge in [0.1, 0.15) is 11.6 Å². The van der Waals surface area contributed by atoms with Crippen LogP contribution in [0.1, 0.15) is 45.1 Å². The van der Waals surface area contributed by atoms with Crippen LogP contribution >= 0.6 is 0 Å². The standard InChI is InChI=1S/C23H23N3O3/c1-13-8-9-17(10-14(13)2)26-23-21(15(3)25-26)19(12-20(27)24-23)22(28)16-6-5-7-18(11-16)29-4/h5-11,19H,12H2,1-4H3,(H,24,27)/t19-/m0/s1. The second-order valence-corrected chi connectivity index (χ2v) is 7.43. The zero-order valence-electron chi connectivity index (χ0n) is 16.9. The number of ether oxygens (including phenoxy) is 1. The van der Waals surface area contributed by atoms with E-state index in [1.54, 1.807) is 36.1 Å². The van der Waals surface area contributed by atoms with Crippen LogP contribution < -0.4 is 10.1 Å². The molecule has 6 nitrogen and oxygen atoms in total. The molecule has 1 atom stereocenters. The number of Topliss-reactive ketones (excluding diaryl/α,β-unsaturated/α-hetero) is 1. The van der Waals surface area contributed by atoms with Crippen LogP contribution in [0.2, 0.25) is 0 Å². The number of carbonyl (C=O) groups excluding carboxylic acids is 2. The largest absolute Gasteiger partial charge is 0.497 e. The maximum absolute atomic E-state index is 13.3. The van der Waals surface area contributed by atoms with Gasteiger partial charge < -0.3 is 10.1 Å². The minimum absolute atomic E-state index is 0.0997. The van der Waals surface area contributed by atoms with E-state index in [2.05, 4.69) is 10.4 Å². The molecule has 3 aromatic rings. The number of rotatable bonds is 4. The van der Waals surface area contributed by atoms with Gasteiger partial charge in [-0.05, 0) is 56.2 Å². The van der Waals surface area contributed by atoms with E-state index in [0.717, 1.165) is 22.5 Å². The van der Waals surface area contributed by atoms with Crippen molar-refractivity contribution in [3.63, 3.8) is 0 Å². The number of nitrogens with zero attached hydrogens (tertiary/aromatic N) is 2. The summed E-state index contributed by atoms with van der Waals surface area (Å²) in [7, 11) is 1.56. The second kappa shape index (κ2) is 7.20. The summed E-state index contributed by atoms with van der Waals surface area (Å²) in [6.07, 6.45) is 0.0997. The quantitative estimate of drug-likeness (QED) is 0.682. The van der Waals surface area contributed by atoms with Crippen molar-refractivity contribution in [2.75, 3.05) is 12.4 Å². The molecule has 0 fully saturated rings. The number of aromatic nitrogens is 2. The number of ketones is 1. The van der Waals surface area contributed by atoms with Crippen molar-refractivity contribution >= 4 is 17.5 Å². The Morgan fingerprint density at radius 3 is 2.66 bits per heavy atom. The van der Waals surface area contributed by atoms with E-state index in [1.165, 1.54) is 5.56 Å². The highest BCUT2D eigenvalue weighted by atomic mass is 16.5. The second-order valence-electron chi connectivity index (χ2n) is 7.43. The van der Waals surface area contributed by atoms with Gasteiger partial charge in [-0.3, -0.25) is 9.59 Å². The number of hydrogen-bond acceptors (Lipinski definition) is 4. The molecular weight excluding hydrogens is 366 g/mol. The predicted molar refractivity (Wildman–Crippen MR) is 111 cm³/mol. The Morgan fingerprint density at radius 2 is 1.93 bits per heavy atom. The summed E-state index contributed by atoms with van der Waals surface area (Å²) in [6.45, 7) is 5.96. The van der Waals surface area contributed by atoms with Crippen molar-refractivity contribution in [2.45, 2.75) is 33.1 Å². The van der Waals surface area contributed by atoms with Gasteiger partial charge in [0.2, 0.25) is 5.91 Å². The lowest BCUT2D eigenvalue weighted by Gasteiger charge is -2.23. The van der Waals surface area contributed by atoms with Crippen molar-refractivity contribution in [1.29, 1.82) is 0 Å². The molecule has 1 N–H and O–H groups in total. The van der Waals surface area contributed by atoms with Gasteiger partial charge in [0.15, 0.2) is 5.78 Å². The van der Waals surface area contributed by atoms with Gasteiger partial charge in [-0.15, -0.1) is 0 Å². The third kappa shape index (κ3) is 3.31. The first-order valence-corrected chi connectivity index (χ1v) is 9.54. The molecule has 0 bridgehead atoms. The zero-order valence-corrected chi connectivity index (χ0v) is 16.9. The Balaban J connectivity index is 1.81. The van der Waals surface area contributed by atoms with E-state index in [1.807, 2.05) is 39.0 Å². The Labute approximate surface area is 169 Å². The van der Waals surface area contributed by atoms with Gasteiger partial charge in [0.05, 0.1) is 24.4 Å². The van der Waals surface area contributed by atoms with E-state index in [4.69, 9.17) is 4.74 Å². The summed E-state index contributed by atoms with van der Waals surface area (Å²) in [5.41, 5.74) is 5.20. The fourth-order valence-corrected chi connectivity index (χ4v) is 3.79. The molecule has 2 aromatic carbocycles. The fraction of sp³-hybridized carbons (Fsp3) is 0.261. The number of fused-ring (bicyclic) bond motifs is 1. The van der Waals surface area contributed by atoms with Crippen LogP contribution in [-0.4, -0.2) is 28.6 Å².